The summed E-state index contributed by atoms with van der Waals surface area (Å²) in [5.41, 5.74) is 6.45. The number of nitrogen functional groups attached to an aromatic ring is 1. The maximum absolute atomic E-state index is 12.8. The predicted molar refractivity (Wildman–Crippen MR) is 59.2 cm³/mol. The fourth-order valence-electron chi connectivity index (χ4n) is 1.39. The first-order valence-electron chi connectivity index (χ1n) is 4.45. The second kappa shape index (κ2) is 4.00. The van der Waals surface area contributed by atoms with E-state index in [-0.39, 0.29) is 5.69 Å². The lowest BCUT2D eigenvalue weighted by Gasteiger charge is -2.11. The largest absolute Gasteiger partial charge is 0.398 e. The van der Waals surface area contributed by atoms with Crippen LogP contribution >= 0.6 is 11.3 Å². The molecular formula is C11H10FNOS. The number of hydrogen-bond acceptors (Lipinski definition) is 3. The molecule has 2 aromatic rings. The summed E-state index contributed by atoms with van der Waals surface area (Å²) in [5, 5.41) is 11.8. The lowest BCUT2D eigenvalue weighted by atomic mass is 10.1. The highest BCUT2D eigenvalue weighted by Gasteiger charge is 2.14. The molecule has 0 radical (unpaired) electrons. The lowest BCUT2D eigenvalue weighted by Crippen LogP contribution is -2.02. The third-order valence-electron chi connectivity index (χ3n) is 2.16. The molecule has 15 heavy (non-hydrogen) atoms. The molecule has 0 aliphatic rings. The highest BCUT2D eigenvalue weighted by molar-refractivity contribution is 7.10. The molecule has 2 nitrogen and oxygen atoms in total. The zero-order valence-corrected chi connectivity index (χ0v) is 8.67. The summed E-state index contributed by atoms with van der Waals surface area (Å²) in [6, 6.07) is 7.69. The molecule has 1 atom stereocenters. The number of rotatable bonds is 2. The minimum atomic E-state index is -0.773. The second-order valence-corrected chi connectivity index (χ2v) is 4.17. The van der Waals surface area contributed by atoms with Crippen LogP contribution in [0, 0.1) is 5.82 Å². The van der Waals surface area contributed by atoms with E-state index >= 15 is 0 Å². The van der Waals surface area contributed by atoms with Gasteiger partial charge in [0.05, 0.1) is 0 Å². The number of thiophene rings is 1. The third kappa shape index (κ3) is 2.00. The Hall–Kier alpha value is -1.39. The van der Waals surface area contributed by atoms with Crippen molar-refractivity contribution in [3.05, 3.63) is 52.0 Å². The van der Waals surface area contributed by atoms with Crippen LogP contribution in [-0.2, 0) is 0 Å². The van der Waals surface area contributed by atoms with Crippen molar-refractivity contribution >= 4 is 17.0 Å². The maximum atomic E-state index is 12.8. The standard InChI is InChI=1S/C11H10FNOS/c12-7-3-4-8(9(13)6-7)11(14)10-2-1-5-15-10/h1-6,11,14H,13H2. The topological polar surface area (TPSA) is 46.2 Å². The minimum Gasteiger partial charge on any atom is -0.398 e. The third-order valence-corrected chi connectivity index (χ3v) is 3.08. The van der Waals surface area contributed by atoms with Crippen molar-refractivity contribution in [1.29, 1.82) is 0 Å². The summed E-state index contributed by atoms with van der Waals surface area (Å²) in [7, 11) is 0. The van der Waals surface area contributed by atoms with E-state index in [1.54, 1.807) is 0 Å². The Balaban J connectivity index is 2.38. The number of nitrogens with two attached hydrogens (primary N) is 1. The quantitative estimate of drug-likeness (QED) is 0.768. The first-order valence-corrected chi connectivity index (χ1v) is 5.33. The number of halogens is 1. The number of aliphatic hydroxyl groups is 1. The average Bonchev–Trinajstić information content (AvgIpc) is 2.69. The van der Waals surface area contributed by atoms with Crippen LogP contribution in [0.15, 0.2) is 35.7 Å². The molecule has 0 bridgehead atoms. The van der Waals surface area contributed by atoms with E-state index in [1.807, 2.05) is 17.5 Å². The van der Waals surface area contributed by atoms with Crippen LogP contribution < -0.4 is 5.73 Å². The van der Waals surface area contributed by atoms with Gasteiger partial charge in [-0.3, -0.25) is 0 Å². The van der Waals surface area contributed by atoms with E-state index in [0.717, 1.165) is 4.88 Å². The monoisotopic (exact) mass is 223 g/mol. The smallest absolute Gasteiger partial charge is 0.125 e. The van der Waals surface area contributed by atoms with Gasteiger partial charge in [0.15, 0.2) is 0 Å². The van der Waals surface area contributed by atoms with E-state index < -0.39 is 11.9 Å². The first-order chi connectivity index (χ1) is 7.18. The number of benzene rings is 1. The van der Waals surface area contributed by atoms with E-state index in [0.29, 0.717) is 5.56 Å². The molecule has 0 spiro atoms. The van der Waals surface area contributed by atoms with Crippen molar-refractivity contribution in [3.63, 3.8) is 0 Å². The van der Waals surface area contributed by atoms with Gasteiger partial charge in [0, 0.05) is 16.1 Å². The number of hydrogen-bond donors (Lipinski definition) is 2. The van der Waals surface area contributed by atoms with Crippen molar-refractivity contribution < 1.29 is 9.50 Å². The van der Waals surface area contributed by atoms with Crippen LogP contribution in [-0.4, -0.2) is 5.11 Å². The highest BCUT2D eigenvalue weighted by atomic mass is 32.1. The van der Waals surface area contributed by atoms with Gasteiger partial charge in [-0.15, -0.1) is 11.3 Å². The Morgan fingerprint density at radius 2 is 2.13 bits per heavy atom. The summed E-state index contributed by atoms with van der Waals surface area (Å²) in [4.78, 5) is 0.799. The zero-order chi connectivity index (χ0) is 10.8. The van der Waals surface area contributed by atoms with Crippen molar-refractivity contribution in [1.82, 2.24) is 0 Å². The summed E-state index contributed by atoms with van der Waals surface area (Å²) in [5.74, 6) is -0.394. The van der Waals surface area contributed by atoms with Crippen LogP contribution in [0.4, 0.5) is 10.1 Å². The molecule has 0 fully saturated rings. The van der Waals surface area contributed by atoms with Crippen molar-refractivity contribution in [3.8, 4) is 0 Å². The van der Waals surface area contributed by atoms with Gasteiger partial charge in [0.1, 0.15) is 11.9 Å². The van der Waals surface area contributed by atoms with E-state index in [2.05, 4.69) is 0 Å². The Morgan fingerprint density at radius 1 is 1.33 bits per heavy atom. The molecule has 2 rings (SSSR count). The molecule has 3 N–H and O–H groups in total. The van der Waals surface area contributed by atoms with Crippen LogP contribution in [0.5, 0.6) is 0 Å². The van der Waals surface area contributed by atoms with Crippen molar-refractivity contribution in [2.75, 3.05) is 5.73 Å². The Bertz CT molecular complexity index is 456. The molecule has 4 heteroatoms. The van der Waals surface area contributed by atoms with Gasteiger partial charge in [-0.2, -0.15) is 0 Å². The van der Waals surface area contributed by atoms with Gasteiger partial charge in [-0.25, -0.2) is 4.39 Å². The summed E-state index contributed by atoms with van der Waals surface area (Å²) in [6.45, 7) is 0. The fourth-order valence-corrected chi connectivity index (χ4v) is 2.12. The molecule has 1 unspecified atom stereocenters. The minimum absolute atomic E-state index is 0.274. The summed E-state index contributed by atoms with van der Waals surface area (Å²) >= 11 is 1.44. The van der Waals surface area contributed by atoms with E-state index in [9.17, 15) is 9.50 Å². The summed E-state index contributed by atoms with van der Waals surface area (Å²) < 4.78 is 12.8. The number of anilines is 1. The molecule has 0 saturated heterocycles. The molecule has 1 aromatic heterocycles. The highest BCUT2D eigenvalue weighted by Crippen LogP contribution is 2.29. The van der Waals surface area contributed by atoms with Gasteiger partial charge in [-0.1, -0.05) is 12.1 Å². The maximum Gasteiger partial charge on any atom is 0.125 e. The van der Waals surface area contributed by atoms with E-state index in [4.69, 9.17) is 5.73 Å². The van der Waals surface area contributed by atoms with Crippen molar-refractivity contribution in [2.24, 2.45) is 0 Å². The Kier molecular flexibility index (Phi) is 2.70. The predicted octanol–water partition coefficient (Wildman–Crippen LogP) is 2.55. The molecule has 0 aliphatic carbocycles. The van der Waals surface area contributed by atoms with Gasteiger partial charge in [0.25, 0.3) is 0 Å². The molecular weight excluding hydrogens is 213 g/mol. The van der Waals surface area contributed by atoms with Crippen LogP contribution in [0.3, 0.4) is 0 Å². The van der Waals surface area contributed by atoms with Gasteiger partial charge in [0.2, 0.25) is 0 Å². The second-order valence-electron chi connectivity index (χ2n) is 3.19. The van der Waals surface area contributed by atoms with E-state index in [1.165, 1.54) is 29.5 Å². The Labute approximate surface area is 90.8 Å². The number of aliphatic hydroxyl groups excluding tert-OH is 1. The molecule has 1 aromatic carbocycles. The molecule has 1 heterocycles. The molecule has 0 saturated carbocycles. The van der Waals surface area contributed by atoms with Gasteiger partial charge < -0.3 is 10.8 Å². The molecule has 0 amide bonds. The first kappa shape index (κ1) is 10.1. The zero-order valence-electron chi connectivity index (χ0n) is 7.85. The lowest BCUT2D eigenvalue weighted by molar-refractivity contribution is 0.225. The van der Waals surface area contributed by atoms with Gasteiger partial charge >= 0.3 is 0 Å². The van der Waals surface area contributed by atoms with Crippen LogP contribution in [0.1, 0.15) is 16.5 Å². The van der Waals surface area contributed by atoms with Crippen LogP contribution in [0.25, 0.3) is 0 Å². The molecule has 0 aliphatic heterocycles. The average molecular weight is 223 g/mol. The SMILES string of the molecule is Nc1cc(F)ccc1C(O)c1cccs1. The van der Waals surface area contributed by atoms with Gasteiger partial charge in [-0.05, 0) is 23.6 Å². The van der Waals surface area contributed by atoms with Crippen LogP contribution in [0.2, 0.25) is 0 Å². The van der Waals surface area contributed by atoms with Crippen molar-refractivity contribution in [2.45, 2.75) is 6.10 Å². The fraction of sp³-hybridized carbons (Fsp3) is 0.0909. The Morgan fingerprint density at radius 3 is 2.73 bits per heavy atom. The normalized spacial score (nSPS) is 12.7. The molecule has 78 valence electrons. The summed E-state index contributed by atoms with van der Waals surface area (Å²) in [6.07, 6.45) is -0.773.